The molecule has 3 aliphatic rings. The number of allylic oxidation sites excluding steroid dienone is 2. The molecular weight excluding hydrogens is 284 g/mol. The number of phenols is 1. The van der Waals surface area contributed by atoms with Crippen LogP contribution >= 0.6 is 0 Å². The molecule has 0 amide bonds. The predicted molar refractivity (Wildman–Crippen MR) is 91.9 cm³/mol. The van der Waals surface area contributed by atoms with E-state index in [1.165, 1.54) is 43.2 Å². The van der Waals surface area contributed by atoms with E-state index in [0.717, 1.165) is 24.5 Å². The monoisotopic (exact) mass is 310 g/mol. The van der Waals surface area contributed by atoms with Crippen molar-refractivity contribution in [1.82, 2.24) is 0 Å². The van der Waals surface area contributed by atoms with Crippen LogP contribution < -0.4 is 0 Å². The van der Waals surface area contributed by atoms with Crippen molar-refractivity contribution in [1.29, 1.82) is 0 Å². The summed E-state index contributed by atoms with van der Waals surface area (Å²) in [6, 6.07) is 3.82. The molecule has 23 heavy (non-hydrogen) atoms. The van der Waals surface area contributed by atoms with E-state index in [1.807, 2.05) is 12.1 Å². The number of rotatable bonds is 1. The van der Waals surface area contributed by atoms with Gasteiger partial charge >= 0.3 is 0 Å². The van der Waals surface area contributed by atoms with Crippen molar-refractivity contribution in [3.63, 3.8) is 0 Å². The summed E-state index contributed by atoms with van der Waals surface area (Å²) in [5.74, 6) is 2.25. The molecule has 1 aromatic rings. The van der Waals surface area contributed by atoms with Crippen molar-refractivity contribution < 1.29 is 9.90 Å². The van der Waals surface area contributed by atoms with Gasteiger partial charge in [0, 0.05) is 0 Å². The van der Waals surface area contributed by atoms with E-state index in [2.05, 4.69) is 19.9 Å². The first kappa shape index (κ1) is 15.0. The average Bonchev–Trinajstić information content (AvgIpc) is 2.90. The third kappa shape index (κ3) is 2.03. The molecule has 2 heteroatoms. The molecule has 0 saturated heterocycles. The Balaban J connectivity index is 1.74. The van der Waals surface area contributed by atoms with Gasteiger partial charge in [-0.15, -0.1) is 0 Å². The number of aromatic hydroxyl groups is 1. The number of hydrogen-bond donors (Lipinski definition) is 1. The van der Waals surface area contributed by atoms with Gasteiger partial charge in [0.2, 0.25) is 0 Å². The first-order valence-electron chi connectivity index (χ1n) is 9.05. The normalized spacial score (nSPS) is 37.1. The quantitative estimate of drug-likeness (QED) is 0.585. The summed E-state index contributed by atoms with van der Waals surface area (Å²) in [7, 11) is 0. The van der Waals surface area contributed by atoms with Crippen molar-refractivity contribution in [2.45, 2.75) is 58.3 Å². The van der Waals surface area contributed by atoms with E-state index in [-0.39, 0.29) is 5.75 Å². The summed E-state index contributed by atoms with van der Waals surface area (Å²) in [6.45, 7) is 4.68. The highest BCUT2D eigenvalue weighted by Crippen LogP contribution is 2.62. The molecule has 3 aliphatic carbocycles. The fraction of sp³-hybridized carbons (Fsp3) is 0.571. The molecule has 4 rings (SSSR count). The minimum absolute atomic E-state index is 0.148. The van der Waals surface area contributed by atoms with Crippen LogP contribution in [0.1, 0.15) is 73.4 Å². The Bertz CT molecular complexity index is 687. The van der Waals surface area contributed by atoms with Gasteiger partial charge in [-0.1, -0.05) is 18.6 Å². The van der Waals surface area contributed by atoms with Crippen LogP contribution in [0, 0.1) is 17.3 Å². The molecule has 2 saturated carbocycles. The maximum Gasteiger partial charge on any atom is 0.153 e. The van der Waals surface area contributed by atoms with Gasteiger partial charge in [-0.2, -0.15) is 0 Å². The van der Waals surface area contributed by atoms with E-state index < -0.39 is 0 Å². The molecule has 2 nitrogen and oxygen atoms in total. The van der Waals surface area contributed by atoms with E-state index in [4.69, 9.17) is 0 Å². The zero-order valence-corrected chi connectivity index (χ0v) is 14.1. The van der Waals surface area contributed by atoms with Crippen molar-refractivity contribution >= 4 is 6.29 Å². The fourth-order valence-corrected chi connectivity index (χ4v) is 6.04. The lowest BCUT2D eigenvalue weighted by molar-refractivity contribution is 0.0812. The number of aryl methyl sites for hydroxylation is 1. The average molecular weight is 310 g/mol. The summed E-state index contributed by atoms with van der Waals surface area (Å²) in [6.07, 6.45) is 10.5. The predicted octanol–water partition coefficient (Wildman–Crippen LogP) is 5.01. The van der Waals surface area contributed by atoms with Gasteiger partial charge in [0.05, 0.1) is 5.56 Å². The molecule has 0 aromatic heterocycles. The summed E-state index contributed by atoms with van der Waals surface area (Å²) in [5.41, 5.74) is 5.14. The molecule has 122 valence electrons. The first-order valence-corrected chi connectivity index (χ1v) is 9.05. The molecule has 1 aromatic carbocycles. The highest BCUT2D eigenvalue weighted by molar-refractivity contribution is 5.80. The van der Waals surface area contributed by atoms with E-state index in [1.54, 1.807) is 5.57 Å². The molecule has 0 spiro atoms. The van der Waals surface area contributed by atoms with Crippen LogP contribution in [-0.2, 0) is 6.42 Å². The maximum absolute atomic E-state index is 11.2. The second kappa shape index (κ2) is 5.22. The largest absolute Gasteiger partial charge is 0.507 e. The number of aldehydes is 1. The second-order valence-electron chi connectivity index (χ2n) is 7.95. The van der Waals surface area contributed by atoms with E-state index in [0.29, 0.717) is 16.9 Å². The number of hydrogen-bond acceptors (Lipinski definition) is 2. The van der Waals surface area contributed by atoms with Crippen LogP contribution in [0.2, 0.25) is 0 Å². The number of carbonyl (C=O) groups is 1. The van der Waals surface area contributed by atoms with Crippen molar-refractivity contribution in [2.75, 3.05) is 0 Å². The summed E-state index contributed by atoms with van der Waals surface area (Å²) >= 11 is 0. The molecule has 0 unspecified atom stereocenters. The Morgan fingerprint density at radius 2 is 2.04 bits per heavy atom. The van der Waals surface area contributed by atoms with Gasteiger partial charge in [-0.05, 0) is 91.9 Å². The minimum atomic E-state index is 0.148. The first-order chi connectivity index (χ1) is 11.1. The van der Waals surface area contributed by atoms with E-state index in [9.17, 15) is 9.90 Å². The lowest BCUT2D eigenvalue weighted by Crippen LogP contribution is -2.40. The van der Waals surface area contributed by atoms with Crippen LogP contribution in [-0.4, -0.2) is 11.4 Å². The Kier molecular flexibility index (Phi) is 3.40. The molecule has 0 radical (unpaired) electrons. The van der Waals surface area contributed by atoms with Gasteiger partial charge in [0.1, 0.15) is 5.75 Å². The summed E-state index contributed by atoms with van der Waals surface area (Å²) in [4.78, 5) is 11.2. The van der Waals surface area contributed by atoms with Crippen LogP contribution in [0.3, 0.4) is 0 Å². The number of phenolic OH excluding ortho intramolecular Hbond substituents is 1. The third-order valence-corrected chi connectivity index (χ3v) is 7.20. The highest BCUT2D eigenvalue weighted by atomic mass is 16.3. The standard InChI is InChI=1S/C21H26O2/c1-3-15-5-7-19-17-6-4-13-11-20(23)14(12-22)10-18(13)16(17)8-9-21(15,19)2/h3,10-12,16-17,19,23H,4-9H2,1-2H3/t16-,17+,19-,21+/m0/s1. The van der Waals surface area contributed by atoms with Crippen LogP contribution in [0.15, 0.2) is 23.8 Å². The fourth-order valence-electron chi connectivity index (χ4n) is 6.04. The zero-order chi connectivity index (χ0) is 16.2. The molecule has 1 N–H and O–H groups in total. The molecular formula is C21H26O2. The lowest BCUT2D eigenvalue weighted by Gasteiger charge is -2.49. The van der Waals surface area contributed by atoms with E-state index >= 15 is 0 Å². The van der Waals surface area contributed by atoms with Gasteiger partial charge in [-0.3, -0.25) is 4.79 Å². The van der Waals surface area contributed by atoms with Gasteiger partial charge in [0.25, 0.3) is 0 Å². The zero-order valence-electron chi connectivity index (χ0n) is 14.1. The van der Waals surface area contributed by atoms with Gasteiger partial charge in [-0.25, -0.2) is 0 Å². The molecule has 0 heterocycles. The Morgan fingerprint density at radius 3 is 2.78 bits per heavy atom. The summed E-state index contributed by atoms with van der Waals surface area (Å²) in [5, 5.41) is 9.98. The Labute approximate surface area is 138 Å². The second-order valence-corrected chi connectivity index (χ2v) is 7.95. The smallest absolute Gasteiger partial charge is 0.153 e. The summed E-state index contributed by atoms with van der Waals surface area (Å²) < 4.78 is 0. The maximum atomic E-state index is 11.2. The molecule has 0 aliphatic heterocycles. The Hall–Kier alpha value is -1.57. The van der Waals surface area contributed by atoms with Crippen molar-refractivity contribution in [3.8, 4) is 5.75 Å². The van der Waals surface area contributed by atoms with Crippen LogP contribution in [0.25, 0.3) is 0 Å². The lowest BCUT2D eigenvalue weighted by atomic mass is 9.55. The highest BCUT2D eigenvalue weighted by Gasteiger charge is 2.52. The van der Waals surface area contributed by atoms with Crippen LogP contribution in [0.4, 0.5) is 0 Å². The molecule has 0 bridgehead atoms. The third-order valence-electron chi connectivity index (χ3n) is 7.20. The molecule has 2 fully saturated rings. The number of benzene rings is 1. The molecule has 4 atom stereocenters. The Morgan fingerprint density at radius 1 is 1.22 bits per heavy atom. The van der Waals surface area contributed by atoms with Gasteiger partial charge in [0.15, 0.2) is 6.29 Å². The van der Waals surface area contributed by atoms with Crippen molar-refractivity contribution in [3.05, 3.63) is 40.5 Å². The number of carbonyl (C=O) groups excluding carboxylic acids is 1. The van der Waals surface area contributed by atoms with Crippen molar-refractivity contribution in [2.24, 2.45) is 17.3 Å². The minimum Gasteiger partial charge on any atom is -0.507 e. The van der Waals surface area contributed by atoms with Gasteiger partial charge < -0.3 is 5.11 Å². The topological polar surface area (TPSA) is 37.3 Å². The SMILES string of the molecule is CC=C1CC[C@H]2[C@@H]3CCc4cc(O)c(C=O)cc4[C@H]3CC[C@]12C. The number of fused-ring (bicyclic) bond motifs is 5. The van der Waals surface area contributed by atoms with Crippen LogP contribution in [0.5, 0.6) is 5.75 Å².